The third-order valence-corrected chi connectivity index (χ3v) is 7.83. The van der Waals surface area contributed by atoms with Crippen LogP contribution >= 0.6 is 0 Å². The van der Waals surface area contributed by atoms with Gasteiger partial charge in [-0.3, -0.25) is 0 Å². The van der Waals surface area contributed by atoms with E-state index in [9.17, 15) is 17.6 Å². The second-order valence-electron chi connectivity index (χ2n) is 10.1. The van der Waals surface area contributed by atoms with Crippen LogP contribution in [0, 0.1) is 23.6 Å². The van der Waals surface area contributed by atoms with Crippen LogP contribution in [0.2, 0.25) is 0 Å². The molecule has 2 aromatic rings. The molecule has 6 heteroatoms. The lowest BCUT2D eigenvalue weighted by molar-refractivity contribution is -0.253. The molecule has 4 rings (SSSR count). The van der Waals surface area contributed by atoms with E-state index in [1.54, 1.807) is 12.1 Å². The molecule has 2 aliphatic carbocycles. The number of unbranched alkanes of at least 4 members (excludes halogenated alkanes) is 1. The van der Waals surface area contributed by atoms with Gasteiger partial charge in [-0.2, -0.15) is 17.6 Å². The molecule has 0 aliphatic heterocycles. The van der Waals surface area contributed by atoms with Crippen LogP contribution < -0.4 is 4.74 Å². The van der Waals surface area contributed by atoms with Gasteiger partial charge >= 0.3 is 12.5 Å². The quantitative estimate of drug-likeness (QED) is 0.342. The van der Waals surface area contributed by atoms with Crippen LogP contribution in [0.4, 0.5) is 22.0 Å². The minimum atomic E-state index is -4.57. The van der Waals surface area contributed by atoms with Gasteiger partial charge in [-0.05, 0) is 85.1 Å². The molecule has 0 bridgehead atoms. The van der Waals surface area contributed by atoms with Crippen molar-refractivity contribution in [1.29, 1.82) is 0 Å². The summed E-state index contributed by atoms with van der Waals surface area (Å²) in [6.07, 6.45) is 2.84. The van der Waals surface area contributed by atoms with Gasteiger partial charge in [0.05, 0.1) is 0 Å². The van der Waals surface area contributed by atoms with E-state index in [-0.39, 0.29) is 5.82 Å². The first-order valence-electron chi connectivity index (χ1n) is 12.5. The maximum absolute atomic E-state index is 15.0. The smallest absolute Gasteiger partial charge is 0.428 e. The van der Waals surface area contributed by atoms with E-state index < -0.39 is 18.3 Å². The van der Waals surface area contributed by atoms with Crippen molar-refractivity contribution in [1.82, 2.24) is 0 Å². The molecular weight excluding hydrogens is 447 g/mol. The lowest BCUT2D eigenvalue weighted by Crippen LogP contribution is -2.33. The number of alkyl halides is 4. The molecule has 0 heterocycles. The van der Waals surface area contributed by atoms with Crippen LogP contribution in [0.25, 0.3) is 11.1 Å². The van der Waals surface area contributed by atoms with E-state index in [4.69, 9.17) is 0 Å². The van der Waals surface area contributed by atoms with E-state index in [0.29, 0.717) is 17.0 Å². The molecule has 2 aromatic carbocycles. The van der Waals surface area contributed by atoms with E-state index in [0.717, 1.165) is 48.3 Å². The monoisotopic (exact) mass is 480 g/mol. The Kier molecular flexibility index (Phi) is 7.83. The minimum Gasteiger partial charge on any atom is -0.428 e. The average molecular weight is 481 g/mol. The third-order valence-electron chi connectivity index (χ3n) is 7.83. The van der Waals surface area contributed by atoms with Crippen LogP contribution in [0.15, 0.2) is 42.5 Å². The zero-order chi connectivity index (χ0) is 24.3. The van der Waals surface area contributed by atoms with Crippen molar-refractivity contribution in [3.63, 3.8) is 0 Å². The molecule has 1 unspecified atom stereocenters. The van der Waals surface area contributed by atoms with Crippen LogP contribution in [0.5, 0.6) is 5.75 Å². The van der Waals surface area contributed by atoms with E-state index in [2.05, 4.69) is 11.7 Å². The number of ether oxygens (including phenoxy) is 1. The molecule has 1 nitrogen and oxygen atoms in total. The number of fused-ring (bicyclic) bond motifs is 1. The Hall–Kier alpha value is -2.11. The predicted octanol–water partition coefficient (Wildman–Crippen LogP) is 9.22. The largest absolute Gasteiger partial charge is 0.461 e. The number of hydrogen-bond donors (Lipinski definition) is 0. The Labute approximate surface area is 198 Å². The molecule has 0 spiro atoms. The molecule has 2 fully saturated rings. The topological polar surface area (TPSA) is 9.23 Å². The number of hydrogen-bond acceptors (Lipinski definition) is 1. The normalized spacial score (nSPS) is 25.3. The Morgan fingerprint density at radius 1 is 0.941 bits per heavy atom. The van der Waals surface area contributed by atoms with Crippen molar-refractivity contribution in [3.05, 3.63) is 53.8 Å². The highest BCUT2D eigenvalue weighted by atomic mass is 19.3. The van der Waals surface area contributed by atoms with Crippen molar-refractivity contribution in [3.8, 4) is 16.9 Å². The fourth-order valence-corrected chi connectivity index (χ4v) is 5.97. The molecule has 0 N–H and O–H groups in total. The molecule has 0 aromatic heterocycles. The van der Waals surface area contributed by atoms with Gasteiger partial charge in [0.15, 0.2) is 0 Å². The Morgan fingerprint density at radius 3 is 2.32 bits per heavy atom. The van der Waals surface area contributed by atoms with Crippen LogP contribution in [0.3, 0.4) is 0 Å². The highest BCUT2D eigenvalue weighted by Crippen LogP contribution is 2.48. The van der Waals surface area contributed by atoms with Crippen LogP contribution in [-0.4, -0.2) is 12.5 Å². The van der Waals surface area contributed by atoms with Crippen LogP contribution in [-0.2, 0) is 0 Å². The third kappa shape index (κ3) is 5.75. The number of benzene rings is 2. The molecular formula is C28H33F5O. The van der Waals surface area contributed by atoms with Crippen molar-refractivity contribution in [2.75, 3.05) is 0 Å². The predicted molar refractivity (Wildman–Crippen MR) is 124 cm³/mol. The summed E-state index contributed by atoms with van der Waals surface area (Å²) in [6, 6.07) is 10.4. The van der Waals surface area contributed by atoms with Crippen molar-refractivity contribution >= 4 is 0 Å². The van der Waals surface area contributed by atoms with Gasteiger partial charge in [0, 0.05) is 5.56 Å². The Morgan fingerprint density at radius 2 is 1.65 bits per heavy atom. The SMILES string of the molecule is CCCCC1CC[C@@H]2C[C@H](c3ccc(-c4ccc(OC(F)(F)C(F)F)cc4)c(F)c3)CC[C@@H]2C1. The summed E-state index contributed by atoms with van der Waals surface area (Å²) in [5.41, 5.74) is 1.84. The lowest BCUT2D eigenvalue weighted by atomic mass is 9.63. The lowest BCUT2D eigenvalue weighted by Gasteiger charge is -2.42. The summed E-state index contributed by atoms with van der Waals surface area (Å²) in [4.78, 5) is 0. The molecule has 0 saturated heterocycles. The molecule has 2 aliphatic rings. The summed E-state index contributed by atoms with van der Waals surface area (Å²) in [6.45, 7) is 2.25. The van der Waals surface area contributed by atoms with Gasteiger partial charge in [-0.1, -0.05) is 56.9 Å². The first kappa shape index (κ1) is 25.0. The number of halogens is 5. The molecule has 2 saturated carbocycles. The highest BCUT2D eigenvalue weighted by molar-refractivity contribution is 5.65. The summed E-state index contributed by atoms with van der Waals surface area (Å²) < 4.78 is 69.9. The Balaban J connectivity index is 1.39. The molecule has 4 atom stereocenters. The standard InChI is InChI=1S/C28H33F5O/c1-2-3-4-18-5-6-21-16-22(8-7-20(21)15-18)23-11-14-25(26(29)17-23)19-9-12-24(13-10-19)34-28(32,33)27(30)31/h9-14,17-18,20-22,27H,2-8,15-16H2,1H3/t18?,20-,21-,22-/m1/s1. The highest BCUT2D eigenvalue weighted by Gasteiger charge is 2.44. The maximum atomic E-state index is 15.0. The van der Waals surface area contributed by atoms with Gasteiger partial charge in [-0.25, -0.2) is 4.39 Å². The van der Waals surface area contributed by atoms with Crippen molar-refractivity contribution in [2.45, 2.75) is 83.2 Å². The first-order chi connectivity index (χ1) is 16.3. The van der Waals surface area contributed by atoms with Gasteiger partial charge in [0.25, 0.3) is 0 Å². The van der Waals surface area contributed by atoms with Gasteiger partial charge in [0.2, 0.25) is 0 Å². The zero-order valence-corrected chi connectivity index (χ0v) is 19.6. The summed E-state index contributed by atoms with van der Waals surface area (Å²) in [5, 5.41) is 0. The first-order valence-corrected chi connectivity index (χ1v) is 12.5. The fraction of sp³-hybridized carbons (Fsp3) is 0.571. The number of rotatable bonds is 8. The molecule has 186 valence electrons. The van der Waals surface area contributed by atoms with Crippen molar-refractivity contribution < 1.29 is 26.7 Å². The second kappa shape index (κ2) is 10.7. The molecule has 0 radical (unpaired) electrons. The summed E-state index contributed by atoms with van der Waals surface area (Å²) >= 11 is 0. The fourth-order valence-electron chi connectivity index (χ4n) is 5.97. The zero-order valence-electron chi connectivity index (χ0n) is 19.6. The Bertz CT molecular complexity index is 942. The van der Waals surface area contributed by atoms with Gasteiger partial charge in [0.1, 0.15) is 11.6 Å². The van der Waals surface area contributed by atoms with Crippen molar-refractivity contribution in [2.24, 2.45) is 17.8 Å². The van der Waals surface area contributed by atoms with Gasteiger partial charge < -0.3 is 4.74 Å². The van der Waals surface area contributed by atoms with E-state index in [1.165, 1.54) is 57.1 Å². The minimum absolute atomic E-state index is 0.348. The summed E-state index contributed by atoms with van der Waals surface area (Å²) in [7, 11) is 0. The maximum Gasteiger partial charge on any atom is 0.461 e. The van der Waals surface area contributed by atoms with E-state index in [1.807, 2.05) is 6.07 Å². The average Bonchev–Trinajstić information content (AvgIpc) is 2.82. The van der Waals surface area contributed by atoms with E-state index >= 15 is 4.39 Å². The second-order valence-corrected chi connectivity index (χ2v) is 10.1. The van der Waals surface area contributed by atoms with Crippen LogP contribution in [0.1, 0.15) is 76.2 Å². The molecule has 0 amide bonds. The van der Waals surface area contributed by atoms with Gasteiger partial charge in [-0.15, -0.1) is 0 Å². The molecule has 34 heavy (non-hydrogen) atoms. The summed E-state index contributed by atoms with van der Waals surface area (Å²) in [5.74, 6) is 2.03.